The molecule has 0 fully saturated rings. The highest BCUT2D eigenvalue weighted by molar-refractivity contribution is 5.42. The predicted molar refractivity (Wildman–Crippen MR) is 69.2 cm³/mol. The molecule has 0 saturated carbocycles. The van der Waals surface area contributed by atoms with Crippen molar-refractivity contribution in [3.63, 3.8) is 0 Å². The molecule has 0 amide bonds. The number of nitrogens with two attached hydrogens (primary N) is 1. The number of pyridine rings is 1. The van der Waals surface area contributed by atoms with Crippen LogP contribution in [0.15, 0.2) is 42.7 Å². The Labute approximate surface area is 101 Å². The Bertz CT molecular complexity index is 480. The average molecular weight is 228 g/mol. The molecule has 0 saturated heterocycles. The van der Waals surface area contributed by atoms with Gasteiger partial charge in [-0.15, -0.1) is 0 Å². The first-order valence-corrected chi connectivity index (χ1v) is 5.75. The molecule has 0 bridgehead atoms. The molecule has 1 aromatic heterocycles. The molecule has 2 aromatic rings. The van der Waals surface area contributed by atoms with Crippen molar-refractivity contribution in [3.8, 4) is 11.5 Å². The minimum absolute atomic E-state index is 0.602. The van der Waals surface area contributed by atoms with E-state index in [1.165, 1.54) is 5.56 Å². The predicted octanol–water partition coefficient (Wildman–Crippen LogP) is 3.41. The quantitative estimate of drug-likeness (QED) is 0.872. The summed E-state index contributed by atoms with van der Waals surface area (Å²) >= 11 is 0. The fraction of sp³-hybridized carbons (Fsp3) is 0.214. The maximum atomic E-state index is 5.65. The monoisotopic (exact) mass is 228 g/mol. The standard InChI is InChI=1S/C14H16N2O/c1-2-3-11-4-6-13(7-5-11)17-14-8-12(15)9-16-10-14/h4-10H,2-3,15H2,1H3. The van der Waals surface area contributed by atoms with Crippen LogP contribution in [-0.2, 0) is 6.42 Å². The van der Waals surface area contributed by atoms with E-state index in [0.717, 1.165) is 18.6 Å². The number of nitrogens with zero attached hydrogens (tertiary/aromatic N) is 1. The highest BCUT2D eigenvalue weighted by Crippen LogP contribution is 2.22. The zero-order chi connectivity index (χ0) is 12.1. The zero-order valence-electron chi connectivity index (χ0n) is 9.89. The van der Waals surface area contributed by atoms with Crippen molar-refractivity contribution in [3.05, 3.63) is 48.3 Å². The van der Waals surface area contributed by atoms with Gasteiger partial charge in [-0.25, -0.2) is 0 Å². The van der Waals surface area contributed by atoms with Crippen LogP contribution < -0.4 is 10.5 Å². The highest BCUT2D eigenvalue weighted by atomic mass is 16.5. The minimum atomic E-state index is 0.602. The zero-order valence-corrected chi connectivity index (χ0v) is 9.89. The van der Waals surface area contributed by atoms with Gasteiger partial charge in [0.2, 0.25) is 0 Å². The Hall–Kier alpha value is -2.03. The summed E-state index contributed by atoms with van der Waals surface area (Å²) < 4.78 is 5.65. The van der Waals surface area contributed by atoms with E-state index in [-0.39, 0.29) is 0 Å². The Morgan fingerprint density at radius 1 is 1.12 bits per heavy atom. The lowest BCUT2D eigenvalue weighted by molar-refractivity contribution is 0.480. The van der Waals surface area contributed by atoms with E-state index in [9.17, 15) is 0 Å². The number of aryl methyl sites for hydroxylation is 1. The molecule has 88 valence electrons. The molecule has 3 heteroatoms. The summed E-state index contributed by atoms with van der Waals surface area (Å²) in [5.41, 5.74) is 7.56. The molecule has 17 heavy (non-hydrogen) atoms. The van der Waals surface area contributed by atoms with Crippen molar-refractivity contribution < 1.29 is 4.74 Å². The van der Waals surface area contributed by atoms with E-state index in [0.29, 0.717) is 11.4 Å². The smallest absolute Gasteiger partial charge is 0.147 e. The molecule has 1 aromatic carbocycles. The fourth-order valence-corrected chi connectivity index (χ4v) is 1.64. The van der Waals surface area contributed by atoms with E-state index in [4.69, 9.17) is 10.5 Å². The molecule has 0 spiro atoms. The van der Waals surface area contributed by atoms with E-state index >= 15 is 0 Å². The first-order chi connectivity index (χ1) is 8.28. The summed E-state index contributed by atoms with van der Waals surface area (Å²) in [6.45, 7) is 2.17. The van der Waals surface area contributed by atoms with Crippen molar-refractivity contribution in [1.29, 1.82) is 0 Å². The van der Waals surface area contributed by atoms with E-state index in [2.05, 4.69) is 24.0 Å². The molecule has 0 atom stereocenters. The van der Waals surface area contributed by atoms with Gasteiger partial charge in [0.15, 0.2) is 0 Å². The van der Waals surface area contributed by atoms with E-state index < -0.39 is 0 Å². The molecule has 2 N–H and O–H groups in total. The van der Waals surface area contributed by atoms with Gasteiger partial charge >= 0.3 is 0 Å². The Balaban J connectivity index is 2.08. The van der Waals surface area contributed by atoms with Crippen LogP contribution in [0, 0.1) is 0 Å². The lowest BCUT2D eigenvalue weighted by atomic mass is 10.1. The molecule has 0 radical (unpaired) electrons. The molecular weight excluding hydrogens is 212 g/mol. The lowest BCUT2D eigenvalue weighted by Gasteiger charge is -2.06. The third-order valence-electron chi connectivity index (χ3n) is 2.43. The molecule has 2 rings (SSSR count). The van der Waals surface area contributed by atoms with Crippen molar-refractivity contribution in [1.82, 2.24) is 4.98 Å². The summed E-state index contributed by atoms with van der Waals surface area (Å²) in [7, 11) is 0. The fourth-order valence-electron chi connectivity index (χ4n) is 1.64. The van der Waals surface area contributed by atoms with Gasteiger partial charge in [0.1, 0.15) is 11.5 Å². The van der Waals surface area contributed by atoms with Gasteiger partial charge in [-0.1, -0.05) is 25.5 Å². The van der Waals surface area contributed by atoms with Crippen molar-refractivity contribution in [2.75, 3.05) is 5.73 Å². The van der Waals surface area contributed by atoms with Crippen molar-refractivity contribution >= 4 is 5.69 Å². The maximum absolute atomic E-state index is 5.65. The van der Waals surface area contributed by atoms with E-state index in [1.807, 2.05) is 12.1 Å². The minimum Gasteiger partial charge on any atom is -0.456 e. The third kappa shape index (κ3) is 3.21. The largest absolute Gasteiger partial charge is 0.456 e. The van der Waals surface area contributed by atoms with Crippen LogP contribution in [0.4, 0.5) is 5.69 Å². The van der Waals surface area contributed by atoms with Crippen LogP contribution in [-0.4, -0.2) is 4.98 Å². The van der Waals surface area contributed by atoms with Crippen LogP contribution in [0.5, 0.6) is 11.5 Å². The Morgan fingerprint density at radius 3 is 2.53 bits per heavy atom. The number of aromatic nitrogens is 1. The van der Waals surface area contributed by atoms with Crippen LogP contribution in [0.3, 0.4) is 0 Å². The summed E-state index contributed by atoms with van der Waals surface area (Å²) in [6, 6.07) is 9.85. The van der Waals surface area contributed by atoms with Crippen LogP contribution in [0.2, 0.25) is 0 Å². The lowest BCUT2D eigenvalue weighted by Crippen LogP contribution is -1.90. The number of benzene rings is 1. The Morgan fingerprint density at radius 2 is 1.88 bits per heavy atom. The number of anilines is 1. The van der Waals surface area contributed by atoms with E-state index in [1.54, 1.807) is 18.5 Å². The number of rotatable bonds is 4. The number of hydrogen-bond acceptors (Lipinski definition) is 3. The summed E-state index contributed by atoms with van der Waals surface area (Å²) in [6.07, 6.45) is 5.49. The molecule has 0 unspecified atom stereocenters. The number of ether oxygens (including phenoxy) is 1. The summed E-state index contributed by atoms with van der Waals surface area (Å²) in [5, 5.41) is 0. The molecular formula is C14H16N2O. The molecule has 0 aliphatic rings. The maximum Gasteiger partial charge on any atom is 0.147 e. The van der Waals surface area contributed by atoms with Gasteiger partial charge < -0.3 is 10.5 Å². The molecule has 1 heterocycles. The molecule has 0 aliphatic heterocycles. The molecule has 0 aliphatic carbocycles. The second-order valence-electron chi connectivity index (χ2n) is 3.95. The number of hydrogen-bond donors (Lipinski definition) is 1. The SMILES string of the molecule is CCCc1ccc(Oc2cncc(N)c2)cc1. The normalized spacial score (nSPS) is 10.2. The van der Waals surface area contributed by atoms with Gasteiger partial charge in [-0.05, 0) is 24.1 Å². The van der Waals surface area contributed by atoms with Crippen LogP contribution >= 0.6 is 0 Å². The topological polar surface area (TPSA) is 48.1 Å². The third-order valence-corrected chi connectivity index (χ3v) is 2.43. The van der Waals surface area contributed by atoms with Crippen molar-refractivity contribution in [2.45, 2.75) is 19.8 Å². The Kier molecular flexibility index (Phi) is 3.60. The highest BCUT2D eigenvalue weighted by Gasteiger charge is 1.98. The summed E-state index contributed by atoms with van der Waals surface area (Å²) in [5.74, 6) is 1.46. The van der Waals surface area contributed by atoms with Crippen LogP contribution in [0.1, 0.15) is 18.9 Å². The van der Waals surface area contributed by atoms with Crippen LogP contribution in [0.25, 0.3) is 0 Å². The summed E-state index contributed by atoms with van der Waals surface area (Å²) in [4.78, 5) is 3.98. The molecule has 3 nitrogen and oxygen atoms in total. The van der Waals surface area contributed by atoms with Crippen molar-refractivity contribution in [2.24, 2.45) is 0 Å². The first-order valence-electron chi connectivity index (χ1n) is 5.75. The second-order valence-corrected chi connectivity index (χ2v) is 3.95. The van der Waals surface area contributed by atoms with Gasteiger partial charge in [-0.3, -0.25) is 4.98 Å². The van der Waals surface area contributed by atoms with Gasteiger partial charge in [0.05, 0.1) is 18.1 Å². The second kappa shape index (κ2) is 5.34. The average Bonchev–Trinajstić information content (AvgIpc) is 2.32. The number of nitrogen functional groups attached to an aromatic ring is 1. The van der Waals surface area contributed by atoms with Gasteiger partial charge in [0.25, 0.3) is 0 Å². The van der Waals surface area contributed by atoms with Gasteiger partial charge in [0, 0.05) is 6.07 Å². The first kappa shape index (κ1) is 11.5. The van der Waals surface area contributed by atoms with Gasteiger partial charge in [-0.2, -0.15) is 0 Å².